The van der Waals surface area contributed by atoms with Crippen LogP contribution in [0.4, 0.5) is 5.95 Å². The van der Waals surface area contributed by atoms with Gasteiger partial charge in [-0.15, -0.1) is 0 Å². The summed E-state index contributed by atoms with van der Waals surface area (Å²) >= 11 is 0. The molecule has 0 fully saturated rings. The second-order valence-corrected chi connectivity index (χ2v) is 3.27. The van der Waals surface area contributed by atoms with Gasteiger partial charge in [-0.2, -0.15) is 4.98 Å². The maximum Gasteiger partial charge on any atom is 0.240 e. The van der Waals surface area contributed by atoms with Crippen LogP contribution in [0.15, 0.2) is 6.07 Å². The molecule has 7 heteroatoms. The van der Waals surface area contributed by atoms with Crippen LogP contribution in [0.1, 0.15) is 5.69 Å². The fraction of sp³-hybridized carbons (Fsp3) is 0.600. The molecule has 0 spiro atoms. The van der Waals surface area contributed by atoms with E-state index in [1.54, 1.807) is 13.2 Å². The van der Waals surface area contributed by atoms with E-state index in [0.717, 1.165) is 5.69 Å². The minimum atomic E-state index is 0.334. The monoisotopic (exact) mass is 242 g/mol. The molecule has 1 heterocycles. The minimum Gasteiger partial charge on any atom is -0.475 e. The third kappa shape index (κ3) is 5.43. The van der Waals surface area contributed by atoms with E-state index in [-0.39, 0.29) is 0 Å². The number of nitrogens with one attached hydrogen (secondary N) is 1. The first kappa shape index (κ1) is 13.6. The fourth-order valence-electron chi connectivity index (χ4n) is 1.13. The maximum absolute atomic E-state index is 5.40. The van der Waals surface area contributed by atoms with Gasteiger partial charge in [0, 0.05) is 18.9 Å². The van der Waals surface area contributed by atoms with Crippen molar-refractivity contribution >= 4 is 5.95 Å². The number of anilines is 1. The fourth-order valence-corrected chi connectivity index (χ4v) is 1.13. The van der Waals surface area contributed by atoms with E-state index >= 15 is 0 Å². The first-order valence-electron chi connectivity index (χ1n) is 5.28. The lowest BCUT2D eigenvalue weighted by Gasteiger charge is -2.08. The summed E-state index contributed by atoms with van der Waals surface area (Å²) in [5.74, 6) is 6.03. The Bertz CT molecular complexity index is 335. The molecule has 0 bridgehead atoms. The molecule has 3 N–H and O–H groups in total. The Morgan fingerprint density at radius 2 is 2.00 bits per heavy atom. The third-order valence-electron chi connectivity index (χ3n) is 1.87. The lowest BCUT2D eigenvalue weighted by Crippen LogP contribution is -2.13. The minimum absolute atomic E-state index is 0.334. The number of aromatic nitrogens is 2. The van der Waals surface area contributed by atoms with Crippen LogP contribution in [0.3, 0.4) is 0 Å². The van der Waals surface area contributed by atoms with Crippen molar-refractivity contribution in [2.24, 2.45) is 5.84 Å². The van der Waals surface area contributed by atoms with Crippen molar-refractivity contribution in [1.82, 2.24) is 9.97 Å². The molecule has 17 heavy (non-hydrogen) atoms. The van der Waals surface area contributed by atoms with E-state index in [0.29, 0.717) is 38.3 Å². The summed E-state index contributed by atoms with van der Waals surface area (Å²) in [6.45, 7) is 3.87. The van der Waals surface area contributed by atoms with Gasteiger partial charge in [0.1, 0.15) is 6.61 Å². The Hall–Kier alpha value is -1.44. The molecular formula is C10H18N4O3. The van der Waals surface area contributed by atoms with Crippen molar-refractivity contribution in [3.63, 3.8) is 0 Å². The van der Waals surface area contributed by atoms with Gasteiger partial charge in [0.15, 0.2) is 0 Å². The smallest absolute Gasteiger partial charge is 0.240 e. The van der Waals surface area contributed by atoms with Gasteiger partial charge < -0.3 is 14.2 Å². The number of hydrogen-bond acceptors (Lipinski definition) is 7. The zero-order chi connectivity index (χ0) is 12.5. The predicted molar refractivity (Wildman–Crippen MR) is 62.8 cm³/mol. The van der Waals surface area contributed by atoms with Crippen molar-refractivity contribution in [3.05, 3.63) is 11.8 Å². The molecule has 0 aliphatic carbocycles. The normalized spacial score (nSPS) is 10.3. The van der Waals surface area contributed by atoms with Gasteiger partial charge in [-0.3, -0.25) is 5.43 Å². The van der Waals surface area contributed by atoms with E-state index in [2.05, 4.69) is 15.4 Å². The average molecular weight is 242 g/mol. The number of methoxy groups -OCH3 is 1. The molecule has 0 saturated carbocycles. The van der Waals surface area contributed by atoms with Gasteiger partial charge in [0.05, 0.1) is 19.8 Å². The first-order valence-corrected chi connectivity index (χ1v) is 5.28. The third-order valence-corrected chi connectivity index (χ3v) is 1.87. The molecule has 1 rings (SSSR count). The van der Waals surface area contributed by atoms with Crippen LogP contribution in [-0.4, -0.2) is 43.5 Å². The Morgan fingerprint density at radius 3 is 2.71 bits per heavy atom. The predicted octanol–water partition coefficient (Wildman–Crippen LogP) is 0.112. The molecule has 1 aromatic heterocycles. The Morgan fingerprint density at radius 1 is 1.24 bits per heavy atom. The number of hydrazine groups is 1. The van der Waals surface area contributed by atoms with Crippen molar-refractivity contribution < 1.29 is 14.2 Å². The Labute approximate surface area is 100 Å². The topological polar surface area (TPSA) is 91.5 Å². The summed E-state index contributed by atoms with van der Waals surface area (Å²) in [4.78, 5) is 8.08. The van der Waals surface area contributed by atoms with Crippen molar-refractivity contribution in [3.8, 4) is 5.88 Å². The van der Waals surface area contributed by atoms with Crippen LogP contribution in [0.5, 0.6) is 5.88 Å². The highest BCUT2D eigenvalue weighted by molar-refractivity contribution is 5.28. The van der Waals surface area contributed by atoms with E-state index in [9.17, 15) is 0 Å². The summed E-state index contributed by atoms with van der Waals surface area (Å²) in [6, 6.07) is 1.73. The number of nitrogens with two attached hydrogens (primary N) is 1. The second kappa shape index (κ2) is 7.77. The summed E-state index contributed by atoms with van der Waals surface area (Å²) < 4.78 is 15.5. The average Bonchev–Trinajstić information content (AvgIpc) is 2.33. The van der Waals surface area contributed by atoms with Gasteiger partial charge in [-0.05, 0) is 6.92 Å². The van der Waals surface area contributed by atoms with Crippen molar-refractivity contribution in [1.29, 1.82) is 0 Å². The van der Waals surface area contributed by atoms with Crippen molar-refractivity contribution in [2.45, 2.75) is 6.92 Å². The largest absolute Gasteiger partial charge is 0.475 e. The molecular weight excluding hydrogens is 224 g/mol. The number of hydrogen-bond donors (Lipinski definition) is 2. The van der Waals surface area contributed by atoms with Gasteiger partial charge in [0.2, 0.25) is 11.8 Å². The molecule has 0 radical (unpaired) electrons. The highest BCUT2D eigenvalue weighted by Gasteiger charge is 2.01. The van der Waals surface area contributed by atoms with Crippen LogP contribution in [-0.2, 0) is 9.47 Å². The molecule has 1 aromatic rings. The van der Waals surface area contributed by atoms with E-state index in [1.165, 1.54) is 0 Å². The van der Waals surface area contributed by atoms with E-state index in [1.807, 2.05) is 6.92 Å². The summed E-state index contributed by atoms with van der Waals surface area (Å²) in [5, 5.41) is 0. The lowest BCUT2D eigenvalue weighted by molar-refractivity contribution is 0.0537. The first-order chi connectivity index (χ1) is 8.26. The highest BCUT2D eigenvalue weighted by Crippen LogP contribution is 2.10. The molecule has 0 aromatic carbocycles. The number of nitrogens with zero attached hydrogens (tertiary/aromatic N) is 2. The van der Waals surface area contributed by atoms with Crippen LogP contribution >= 0.6 is 0 Å². The number of ether oxygens (including phenoxy) is 3. The molecule has 0 aliphatic heterocycles. The standard InChI is InChI=1S/C10H18N4O3/c1-8-7-9(13-10(12-8)14-11)17-6-5-16-4-3-15-2/h7H,3-6,11H2,1-2H3,(H,12,13,14). The van der Waals surface area contributed by atoms with E-state index in [4.69, 9.17) is 20.1 Å². The van der Waals surface area contributed by atoms with Crippen LogP contribution in [0, 0.1) is 6.92 Å². The van der Waals surface area contributed by atoms with Crippen LogP contribution < -0.4 is 16.0 Å². The van der Waals surface area contributed by atoms with E-state index < -0.39 is 0 Å². The number of nitrogen functional groups attached to an aromatic ring is 1. The molecule has 96 valence electrons. The maximum atomic E-state index is 5.40. The van der Waals surface area contributed by atoms with Gasteiger partial charge >= 0.3 is 0 Å². The zero-order valence-corrected chi connectivity index (χ0v) is 10.1. The molecule has 0 saturated heterocycles. The summed E-state index contributed by atoms with van der Waals surface area (Å²) in [5.41, 5.74) is 3.16. The lowest BCUT2D eigenvalue weighted by atomic mass is 10.4. The SMILES string of the molecule is COCCOCCOc1cc(C)nc(NN)n1. The van der Waals surface area contributed by atoms with Gasteiger partial charge in [-0.1, -0.05) is 0 Å². The van der Waals surface area contributed by atoms with Crippen LogP contribution in [0.25, 0.3) is 0 Å². The molecule has 0 atom stereocenters. The van der Waals surface area contributed by atoms with Crippen molar-refractivity contribution in [2.75, 3.05) is 39.0 Å². The zero-order valence-electron chi connectivity index (χ0n) is 10.1. The van der Waals surface area contributed by atoms with Crippen LogP contribution in [0.2, 0.25) is 0 Å². The summed E-state index contributed by atoms with van der Waals surface area (Å²) in [6.07, 6.45) is 0. The highest BCUT2D eigenvalue weighted by atomic mass is 16.5. The molecule has 0 aliphatic rings. The Kier molecular flexibility index (Phi) is 6.23. The second-order valence-electron chi connectivity index (χ2n) is 3.27. The number of aryl methyl sites for hydroxylation is 1. The molecule has 0 amide bonds. The molecule has 0 unspecified atom stereocenters. The Balaban J connectivity index is 2.28. The molecule has 7 nitrogen and oxygen atoms in total. The number of rotatable bonds is 8. The van der Waals surface area contributed by atoms with Gasteiger partial charge in [-0.25, -0.2) is 10.8 Å². The quantitative estimate of drug-likeness (QED) is 0.380. The summed E-state index contributed by atoms with van der Waals surface area (Å²) in [7, 11) is 1.63. The van der Waals surface area contributed by atoms with Gasteiger partial charge in [0.25, 0.3) is 0 Å².